The van der Waals surface area contributed by atoms with Crippen LogP contribution in [0.1, 0.15) is 98.8 Å². The molecular formula is C27H42O2. The summed E-state index contributed by atoms with van der Waals surface area (Å²) in [7, 11) is 0. The van der Waals surface area contributed by atoms with Crippen molar-refractivity contribution in [2.24, 2.45) is 46.3 Å². The van der Waals surface area contributed by atoms with Crippen molar-refractivity contribution in [3.63, 3.8) is 0 Å². The van der Waals surface area contributed by atoms with Gasteiger partial charge in [0.2, 0.25) is 0 Å². The lowest BCUT2D eigenvalue weighted by Crippen LogP contribution is -2.51. The highest BCUT2D eigenvalue weighted by molar-refractivity contribution is 5.91. The number of rotatable bonds is 5. The Hall–Kier alpha value is -0.920. The molecule has 0 aromatic rings. The van der Waals surface area contributed by atoms with Crippen LogP contribution in [0.25, 0.3) is 0 Å². The minimum Gasteiger partial charge on any atom is -0.299 e. The fourth-order valence-electron chi connectivity index (χ4n) is 8.39. The number of hydrogen-bond donors (Lipinski definition) is 0. The van der Waals surface area contributed by atoms with E-state index in [9.17, 15) is 9.59 Å². The van der Waals surface area contributed by atoms with Gasteiger partial charge in [-0.05, 0) is 97.9 Å². The Balaban J connectivity index is 1.49. The van der Waals surface area contributed by atoms with E-state index in [1.165, 1.54) is 37.7 Å². The zero-order valence-electron chi connectivity index (χ0n) is 19.4. The van der Waals surface area contributed by atoms with Gasteiger partial charge in [0, 0.05) is 18.8 Å². The van der Waals surface area contributed by atoms with E-state index in [0.717, 1.165) is 55.8 Å². The summed E-state index contributed by atoms with van der Waals surface area (Å²) in [4.78, 5) is 24.2. The van der Waals surface area contributed by atoms with Crippen LogP contribution in [0.3, 0.4) is 0 Å². The lowest BCUT2D eigenvalue weighted by Gasteiger charge is -2.58. The normalized spacial score (nSPS) is 42.7. The maximum atomic E-state index is 12.2. The number of carbonyl (C=O) groups is 2. The molecule has 0 radical (unpaired) electrons. The van der Waals surface area contributed by atoms with E-state index in [0.29, 0.717) is 22.9 Å². The standard InChI is InChI=1S/C27H42O2/c1-17(2)25(29)11-6-18(3)22-9-10-23-21-8-7-19-16-20(28)12-14-26(19,4)24(21)13-15-27(22,23)5/h16-18,21-24H,6-15H2,1-5H3/t18-,21+,22-,23+,24+,26+,27-/m1/s1. The molecule has 3 saturated carbocycles. The molecule has 29 heavy (non-hydrogen) atoms. The second kappa shape index (κ2) is 7.65. The fourth-order valence-corrected chi connectivity index (χ4v) is 8.39. The van der Waals surface area contributed by atoms with E-state index in [4.69, 9.17) is 0 Å². The highest BCUT2D eigenvalue weighted by Crippen LogP contribution is 2.67. The minimum atomic E-state index is 0.178. The molecule has 0 unspecified atom stereocenters. The SMILES string of the molecule is CC(C)C(=O)CC[C@@H](C)[C@H]1CC[C@H]2[C@@H]3CCC4=CC(=O)CC[C@]4(C)[C@H]3CC[C@]12C. The Morgan fingerprint density at radius 2 is 1.79 bits per heavy atom. The van der Waals surface area contributed by atoms with E-state index < -0.39 is 0 Å². The molecule has 0 aromatic heterocycles. The minimum absolute atomic E-state index is 0.178. The van der Waals surface area contributed by atoms with Crippen LogP contribution in [-0.2, 0) is 9.59 Å². The zero-order chi connectivity index (χ0) is 21.0. The third-order valence-corrected chi connectivity index (χ3v) is 10.2. The van der Waals surface area contributed by atoms with Gasteiger partial charge in [0.25, 0.3) is 0 Å². The molecule has 0 spiro atoms. The highest BCUT2D eigenvalue weighted by Gasteiger charge is 2.59. The molecule has 4 aliphatic rings. The quantitative estimate of drug-likeness (QED) is 0.512. The third-order valence-electron chi connectivity index (χ3n) is 10.2. The molecule has 162 valence electrons. The van der Waals surface area contributed by atoms with Crippen molar-refractivity contribution in [2.75, 3.05) is 0 Å². The van der Waals surface area contributed by atoms with E-state index in [1.54, 1.807) is 0 Å². The lowest BCUT2D eigenvalue weighted by atomic mass is 9.46. The van der Waals surface area contributed by atoms with Crippen LogP contribution in [0.5, 0.6) is 0 Å². The van der Waals surface area contributed by atoms with Crippen LogP contribution in [-0.4, -0.2) is 11.6 Å². The number of allylic oxidation sites excluding steroid dienone is 1. The van der Waals surface area contributed by atoms with Crippen LogP contribution in [0.4, 0.5) is 0 Å². The van der Waals surface area contributed by atoms with E-state index in [1.807, 2.05) is 19.9 Å². The predicted octanol–water partition coefficient (Wildman–Crippen LogP) is 6.78. The molecule has 0 amide bonds. The lowest BCUT2D eigenvalue weighted by molar-refractivity contribution is -0.122. The monoisotopic (exact) mass is 398 g/mol. The number of carbonyl (C=O) groups excluding carboxylic acids is 2. The molecule has 0 aliphatic heterocycles. The Morgan fingerprint density at radius 1 is 1.03 bits per heavy atom. The van der Waals surface area contributed by atoms with Crippen molar-refractivity contribution in [3.05, 3.63) is 11.6 Å². The highest BCUT2D eigenvalue weighted by atomic mass is 16.1. The predicted molar refractivity (Wildman–Crippen MR) is 118 cm³/mol. The van der Waals surface area contributed by atoms with Gasteiger partial charge in [0.05, 0.1) is 0 Å². The topological polar surface area (TPSA) is 34.1 Å². The van der Waals surface area contributed by atoms with Crippen LogP contribution in [0, 0.1) is 46.3 Å². The molecular weight excluding hydrogens is 356 g/mol. The molecule has 0 saturated heterocycles. The molecule has 2 nitrogen and oxygen atoms in total. The molecule has 0 bridgehead atoms. The summed E-state index contributed by atoms with van der Waals surface area (Å²) in [6, 6.07) is 0. The summed E-state index contributed by atoms with van der Waals surface area (Å²) < 4.78 is 0. The number of hydrogen-bond acceptors (Lipinski definition) is 2. The molecule has 0 aromatic carbocycles. The molecule has 4 rings (SSSR count). The van der Waals surface area contributed by atoms with E-state index >= 15 is 0 Å². The number of Topliss-reactive ketones (excluding diaryl/α,β-unsaturated/α-hetero) is 1. The second-order valence-electron chi connectivity index (χ2n) is 11.8. The van der Waals surface area contributed by atoms with Crippen molar-refractivity contribution < 1.29 is 9.59 Å². The Kier molecular flexibility index (Phi) is 5.62. The first-order valence-corrected chi connectivity index (χ1v) is 12.4. The molecule has 3 fully saturated rings. The van der Waals surface area contributed by atoms with Gasteiger partial charge in [0.1, 0.15) is 5.78 Å². The van der Waals surface area contributed by atoms with E-state index in [2.05, 4.69) is 20.8 Å². The van der Waals surface area contributed by atoms with Crippen LogP contribution < -0.4 is 0 Å². The van der Waals surface area contributed by atoms with Gasteiger partial charge in [-0.2, -0.15) is 0 Å². The van der Waals surface area contributed by atoms with E-state index in [-0.39, 0.29) is 11.3 Å². The molecule has 2 heteroatoms. The smallest absolute Gasteiger partial charge is 0.155 e. The molecule has 0 N–H and O–H groups in total. The van der Waals surface area contributed by atoms with Gasteiger partial charge in [-0.3, -0.25) is 9.59 Å². The molecule has 7 atom stereocenters. The fraction of sp³-hybridized carbons (Fsp3) is 0.852. The van der Waals surface area contributed by atoms with Crippen LogP contribution in [0.2, 0.25) is 0 Å². The first-order chi connectivity index (χ1) is 13.7. The van der Waals surface area contributed by atoms with Crippen molar-refractivity contribution in [2.45, 2.75) is 98.8 Å². The van der Waals surface area contributed by atoms with Crippen LogP contribution in [0.15, 0.2) is 11.6 Å². The first-order valence-electron chi connectivity index (χ1n) is 12.4. The summed E-state index contributed by atoms with van der Waals surface area (Å²) in [6.07, 6.45) is 13.6. The first kappa shape index (κ1) is 21.3. The summed E-state index contributed by atoms with van der Waals surface area (Å²) >= 11 is 0. The van der Waals surface area contributed by atoms with Gasteiger partial charge in [-0.15, -0.1) is 0 Å². The Morgan fingerprint density at radius 3 is 2.52 bits per heavy atom. The summed E-state index contributed by atoms with van der Waals surface area (Å²) in [5.74, 6) is 4.90. The number of ketones is 2. The summed E-state index contributed by atoms with van der Waals surface area (Å²) in [5, 5.41) is 0. The van der Waals surface area contributed by atoms with Crippen molar-refractivity contribution in [1.82, 2.24) is 0 Å². The summed E-state index contributed by atoms with van der Waals surface area (Å²) in [5.41, 5.74) is 2.23. The Labute approximate surface area is 178 Å². The molecule has 4 aliphatic carbocycles. The van der Waals surface area contributed by atoms with Gasteiger partial charge in [0.15, 0.2) is 5.78 Å². The molecule has 0 heterocycles. The third kappa shape index (κ3) is 3.47. The van der Waals surface area contributed by atoms with Crippen molar-refractivity contribution >= 4 is 11.6 Å². The summed E-state index contributed by atoms with van der Waals surface area (Å²) in [6.45, 7) is 11.6. The van der Waals surface area contributed by atoms with Gasteiger partial charge >= 0.3 is 0 Å². The van der Waals surface area contributed by atoms with Gasteiger partial charge < -0.3 is 0 Å². The average molecular weight is 399 g/mol. The van der Waals surface area contributed by atoms with Gasteiger partial charge in [-0.25, -0.2) is 0 Å². The average Bonchev–Trinajstić information content (AvgIpc) is 3.03. The van der Waals surface area contributed by atoms with Crippen LogP contribution >= 0.6 is 0 Å². The largest absolute Gasteiger partial charge is 0.299 e. The zero-order valence-corrected chi connectivity index (χ0v) is 19.4. The van der Waals surface area contributed by atoms with Crippen molar-refractivity contribution in [3.8, 4) is 0 Å². The van der Waals surface area contributed by atoms with Gasteiger partial charge in [-0.1, -0.05) is 40.2 Å². The maximum Gasteiger partial charge on any atom is 0.155 e. The maximum absolute atomic E-state index is 12.2. The van der Waals surface area contributed by atoms with Crippen molar-refractivity contribution in [1.29, 1.82) is 0 Å². The number of fused-ring (bicyclic) bond motifs is 5. The Bertz CT molecular complexity index is 703. The second-order valence-corrected chi connectivity index (χ2v) is 11.8.